The highest BCUT2D eigenvalue weighted by atomic mass is 16.6. The molecule has 1 aliphatic rings. The van der Waals surface area contributed by atoms with Crippen LogP contribution in [0.15, 0.2) is 34.6 Å². The molecule has 1 aliphatic carbocycles. The van der Waals surface area contributed by atoms with Crippen LogP contribution in [0.5, 0.6) is 0 Å². The Bertz CT molecular complexity index is 570. The van der Waals surface area contributed by atoms with Crippen molar-refractivity contribution in [2.24, 2.45) is 10.4 Å². The van der Waals surface area contributed by atoms with E-state index in [1.807, 2.05) is 0 Å². The minimum absolute atomic E-state index is 0.0403. The maximum atomic E-state index is 11.9. The first-order valence-electron chi connectivity index (χ1n) is 6.50. The Morgan fingerprint density at radius 2 is 1.95 bits per heavy atom. The summed E-state index contributed by atoms with van der Waals surface area (Å²) in [5.41, 5.74) is 3.37. The third kappa shape index (κ3) is 3.65. The average molecular weight is 293 g/mol. The number of rotatable bonds is 4. The number of hydroxylamine groups is 1. The molecular formula is C12H15N5O4. The standard InChI is InChI=1S/C12H15N5O4/c18-14-11-3-1-2-4-12(11)16(19)15-13-9-5-7-10(8-6-9)17(20)21/h5-8,12-13,18H,1-4H2/b14-11+,16-15-. The van der Waals surface area contributed by atoms with Gasteiger partial charge < -0.3 is 10.4 Å². The van der Waals surface area contributed by atoms with Gasteiger partial charge in [-0.2, -0.15) is 4.86 Å². The fraction of sp³-hybridized carbons (Fsp3) is 0.417. The Morgan fingerprint density at radius 1 is 1.24 bits per heavy atom. The minimum atomic E-state index is -0.575. The highest BCUT2D eigenvalue weighted by Crippen LogP contribution is 2.19. The van der Waals surface area contributed by atoms with Crippen molar-refractivity contribution in [3.63, 3.8) is 0 Å². The van der Waals surface area contributed by atoms with Crippen molar-refractivity contribution < 1.29 is 15.0 Å². The number of nitro groups is 1. The van der Waals surface area contributed by atoms with Crippen LogP contribution in [0, 0.1) is 15.3 Å². The molecule has 21 heavy (non-hydrogen) atoms. The van der Waals surface area contributed by atoms with E-state index in [-0.39, 0.29) is 5.69 Å². The number of anilines is 1. The van der Waals surface area contributed by atoms with Crippen LogP contribution in [-0.4, -0.2) is 26.7 Å². The molecule has 0 heterocycles. The van der Waals surface area contributed by atoms with Gasteiger partial charge in [-0.25, -0.2) is 0 Å². The van der Waals surface area contributed by atoms with Crippen molar-refractivity contribution in [2.45, 2.75) is 31.7 Å². The molecule has 112 valence electrons. The van der Waals surface area contributed by atoms with Gasteiger partial charge in [0, 0.05) is 12.1 Å². The molecule has 2 rings (SSSR count). The third-order valence-electron chi connectivity index (χ3n) is 3.30. The molecule has 0 aliphatic heterocycles. The highest BCUT2D eigenvalue weighted by Gasteiger charge is 2.25. The van der Waals surface area contributed by atoms with E-state index in [1.54, 1.807) is 0 Å². The maximum absolute atomic E-state index is 11.9. The second kappa shape index (κ2) is 6.64. The molecule has 1 aromatic rings. The van der Waals surface area contributed by atoms with Gasteiger partial charge in [-0.15, -0.1) is 5.43 Å². The molecule has 1 aromatic carbocycles. The number of nitro benzene ring substituents is 1. The molecule has 9 nitrogen and oxygen atoms in total. The Kier molecular flexibility index (Phi) is 4.64. The fourth-order valence-electron chi connectivity index (χ4n) is 2.17. The lowest BCUT2D eigenvalue weighted by Crippen LogP contribution is -2.33. The third-order valence-corrected chi connectivity index (χ3v) is 3.30. The van der Waals surface area contributed by atoms with Gasteiger partial charge in [-0.1, -0.05) is 5.16 Å². The monoisotopic (exact) mass is 293 g/mol. The summed E-state index contributed by atoms with van der Waals surface area (Å²) in [7, 11) is 0. The van der Waals surface area contributed by atoms with Crippen LogP contribution in [0.2, 0.25) is 0 Å². The zero-order valence-corrected chi connectivity index (χ0v) is 11.2. The molecule has 0 spiro atoms. The molecule has 2 N–H and O–H groups in total. The van der Waals surface area contributed by atoms with Crippen molar-refractivity contribution in [3.05, 3.63) is 39.6 Å². The van der Waals surface area contributed by atoms with Gasteiger partial charge in [0.05, 0.1) is 10.1 Å². The van der Waals surface area contributed by atoms with Crippen molar-refractivity contribution in [3.8, 4) is 0 Å². The summed E-state index contributed by atoms with van der Waals surface area (Å²) < 4.78 is 0. The second-order valence-corrected chi connectivity index (χ2v) is 4.67. The molecule has 1 saturated carbocycles. The molecular weight excluding hydrogens is 278 g/mol. The fourth-order valence-corrected chi connectivity index (χ4v) is 2.17. The van der Waals surface area contributed by atoms with Crippen LogP contribution in [0.4, 0.5) is 11.4 Å². The summed E-state index contributed by atoms with van der Waals surface area (Å²) >= 11 is 0. The van der Waals surface area contributed by atoms with E-state index in [4.69, 9.17) is 5.21 Å². The second-order valence-electron chi connectivity index (χ2n) is 4.67. The lowest BCUT2D eigenvalue weighted by molar-refractivity contribution is -0.551. The summed E-state index contributed by atoms with van der Waals surface area (Å²) in [6.45, 7) is 0. The van der Waals surface area contributed by atoms with Crippen molar-refractivity contribution >= 4 is 17.1 Å². The van der Waals surface area contributed by atoms with Gasteiger partial charge in [0.1, 0.15) is 11.4 Å². The smallest absolute Gasteiger partial charge is 0.269 e. The van der Waals surface area contributed by atoms with Crippen LogP contribution in [0.25, 0.3) is 0 Å². The summed E-state index contributed by atoms with van der Waals surface area (Å²) in [5.74, 6) is 0. The summed E-state index contributed by atoms with van der Waals surface area (Å²) in [6, 6.07) is 4.96. The van der Waals surface area contributed by atoms with Crippen molar-refractivity contribution in [1.82, 2.24) is 0 Å². The van der Waals surface area contributed by atoms with Gasteiger partial charge in [-0.3, -0.25) is 10.1 Å². The van der Waals surface area contributed by atoms with Gasteiger partial charge in [0.25, 0.3) is 5.69 Å². The van der Waals surface area contributed by atoms with Gasteiger partial charge >= 0.3 is 0 Å². The zero-order chi connectivity index (χ0) is 15.2. The van der Waals surface area contributed by atoms with Crippen LogP contribution in [0.1, 0.15) is 25.7 Å². The van der Waals surface area contributed by atoms with Crippen molar-refractivity contribution in [1.29, 1.82) is 0 Å². The van der Waals surface area contributed by atoms with Crippen LogP contribution in [0.3, 0.4) is 0 Å². The zero-order valence-electron chi connectivity index (χ0n) is 11.2. The first-order valence-corrected chi connectivity index (χ1v) is 6.50. The van der Waals surface area contributed by atoms with Gasteiger partial charge in [-0.05, 0) is 37.8 Å². The normalized spacial score (nSPS) is 21.2. The largest absolute Gasteiger partial charge is 0.695 e. The number of nitrogens with one attached hydrogen (secondary N) is 1. The summed E-state index contributed by atoms with van der Waals surface area (Å²) in [5, 5.41) is 38.1. The highest BCUT2D eigenvalue weighted by molar-refractivity contribution is 5.88. The Labute approximate surface area is 120 Å². The van der Waals surface area contributed by atoms with Crippen molar-refractivity contribution in [2.75, 3.05) is 5.43 Å². The molecule has 1 atom stereocenters. The molecule has 1 fully saturated rings. The van der Waals surface area contributed by atoms with Gasteiger partial charge in [0.2, 0.25) is 0 Å². The van der Waals surface area contributed by atoms with E-state index in [9.17, 15) is 15.3 Å². The first-order chi connectivity index (χ1) is 10.1. The summed E-state index contributed by atoms with van der Waals surface area (Å²) in [6.07, 6.45) is 2.91. The maximum Gasteiger partial charge on any atom is 0.269 e. The van der Waals surface area contributed by atoms with E-state index in [2.05, 4.69) is 15.8 Å². The average Bonchev–Trinajstić information content (AvgIpc) is 2.52. The lowest BCUT2D eigenvalue weighted by atomic mass is 9.94. The van der Waals surface area contributed by atoms with E-state index in [0.29, 0.717) is 29.1 Å². The number of nitrogens with zero attached hydrogens (tertiary/aromatic N) is 4. The van der Waals surface area contributed by atoms with E-state index >= 15 is 0 Å². The summed E-state index contributed by atoms with van der Waals surface area (Å²) in [4.78, 5) is 10.5. The molecule has 9 heteroatoms. The molecule has 0 amide bonds. The number of oxime groups is 1. The van der Waals surface area contributed by atoms with Crippen LogP contribution >= 0.6 is 0 Å². The number of non-ortho nitro benzene ring substituents is 1. The lowest BCUT2D eigenvalue weighted by Gasteiger charge is -2.23. The Morgan fingerprint density at radius 3 is 2.57 bits per heavy atom. The quantitative estimate of drug-likeness (QED) is 0.290. The molecule has 0 radical (unpaired) electrons. The van der Waals surface area contributed by atoms with E-state index in [1.165, 1.54) is 24.3 Å². The predicted molar refractivity (Wildman–Crippen MR) is 74.3 cm³/mol. The van der Waals surface area contributed by atoms with E-state index in [0.717, 1.165) is 12.8 Å². The van der Waals surface area contributed by atoms with E-state index < -0.39 is 11.0 Å². The number of hydrogen-bond acceptors (Lipinski definition) is 6. The van der Waals surface area contributed by atoms with Crippen LogP contribution in [-0.2, 0) is 0 Å². The molecule has 0 bridgehead atoms. The number of hydrogen-bond donors (Lipinski definition) is 2. The molecule has 1 unspecified atom stereocenters. The SMILES string of the molecule is O=[N+]([O-])c1ccc(N/N=[N+](\[O-])C2CCCC/C2=N\O)cc1. The number of benzene rings is 1. The molecule has 0 aromatic heterocycles. The topological polar surface area (TPSA) is 126 Å². The Balaban J connectivity index is 2.04. The van der Waals surface area contributed by atoms with Crippen LogP contribution < -0.4 is 5.43 Å². The first kappa shape index (κ1) is 14.7. The Hall–Kier alpha value is -2.71. The molecule has 0 saturated heterocycles. The van der Waals surface area contributed by atoms with Gasteiger partial charge in [0.15, 0.2) is 6.04 Å². The predicted octanol–water partition coefficient (Wildman–Crippen LogP) is 2.66. The minimum Gasteiger partial charge on any atom is -0.695 e.